The maximum absolute atomic E-state index is 14.1. The molecule has 2 fully saturated rings. The highest BCUT2D eigenvalue weighted by molar-refractivity contribution is 6.00. The summed E-state index contributed by atoms with van der Waals surface area (Å²) < 4.78 is 22.4. The van der Waals surface area contributed by atoms with E-state index in [1.54, 1.807) is 49.5 Å². The molecule has 37 heavy (non-hydrogen) atoms. The monoisotopic (exact) mass is 508 g/mol. The molecule has 1 saturated carbocycles. The number of rotatable bonds is 9. The van der Waals surface area contributed by atoms with E-state index in [1.165, 1.54) is 6.92 Å². The van der Waals surface area contributed by atoms with E-state index < -0.39 is 17.4 Å². The topological polar surface area (TPSA) is 86.3 Å². The van der Waals surface area contributed by atoms with E-state index in [4.69, 9.17) is 18.9 Å². The average Bonchev–Trinajstić information content (AvgIpc) is 3.38. The standard InChI is InChI=1S/C29H36N2O6/c1-5-24(20-22-6-10-25(34-3)11-7-22)31(21(2)32)28(14-16-29(17-15-28)36-18-19-37-29)27(33)30-23-8-12-26(35-4)13-9-23/h5-13,24H,1,14-20H2,2-4H3,(H,30,33)/t24-/m1/s1. The van der Waals surface area contributed by atoms with Crippen molar-refractivity contribution in [3.63, 3.8) is 0 Å². The first-order chi connectivity index (χ1) is 17.8. The molecule has 2 aromatic rings. The van der Waals surface area contributed by atoms with Crippen LogP contribution in [0.4, 0.5) is 5.69 Å². The Balaban J connectivity index is 1.66. The van der Waals surface area contributed by atoms with Crippen LogP contribution in [-0.2, 0) is 25.5 Å². The third-order valence-corrected chi connectivity index (χ3v) is 7.43. The Morgan fingerprint density at radius 2 is 1.51 bits per heavy atom. The molecule has 1 aliphatic carbocycles. The molecule has 0 radical (unpaired) electrons. The molecule has 8 heteroatoms. The molecule has 1 saturated heterocycles. The van der Waals surface area contributed by atoms with Gasteiger partial charge in [0.15, 0.2) is 5.79 Å². The van der Waals surface area contributed by atoms with Gasteiger partial charge in [0.05, 0.1) is 33.5 Å². The molecule has 2 aromatic carbocycles. The van der Waals surface area contributed by atoms with Crippen molar-refractivity contribution in [3.8, 4) is 11.5 Å². The summed E-state index contributed by atoms with van der Waals surface area (Å²) in [4.78, 5) is 29.1. The Labute approximate surface area is 218 Å². The van der Waals surface area contributed by atoms with Crippen LogP contribution in [0.2, 0.25) is 0 Å². The molecule has 2 amide bonds. The van der Waals surface area contributed by atoms with Gasteiger partial charge >= 0.3 is 0 Å². The Morgan fingerprint density at radius 3 is 2.00 bits per heavy atom. The molecule has 198 valence electrons. The second kappa shape index (κ2) is 11.4. The molecule has 4 rings (SSSR count). The fourth-order valence-electron chi connectivity index (χ4n) is 5.46. The van der Waals surface area contributed by atoms with Gasteiger partial charge in [-0.05, 0) is 61.2 Å². The van der Waals surface area contributed by atoms with Crippen LogP contribution < -0.4 is 14.8 Å². The summed E-state index contributed by atoms with van der Waals surface area (Å²) >= 11 is 0. The van der Waals surface area contributed by atoms with Crippen LogP contribution in [0.25, 0.3) is 0 Å². The maximum Gasteiger partial charge on any atom is 0.250 e. The highest BCUT2D eigenvalue weighted by Gasteiger charge is 2.54. The highest BCUT2D eigenvalue weighted by atomic mass is 16.7. The summed E-state index contributed by atoms with van der Waals surface area (Å²) in [6.07, 6.45) is 4.10. The molecule has 1 heterocycles. The van der Waals surface area contributed by atoms with Crippen molar-refractivity contribution < 1.29 is 28.5 Å². The zero-order valence-electron chi connectivity index (χ0n) is 21.8. The number of carbonyl (C=O) groups excluding carboxylic acids is 2. The molecular formula is C29H36N2O6. The number of benzene rings is 2. The summed E-state index contributed by atoms with van der Waals surface area (Å²) in [5.74, 6) is 0.340. The molecule has 1 N–H and O–H groups in total. The second-order valence-electron chi connectivity index (χ2n) is 9.57. The van der Waals surface area contributed by atoms with E-state index in [9.17, 15) is 9.59 Å². The minimum absolute atomic E-state index is 0.187. The van der Waals surface area contributed by atoms with Crippen LogP contribution in [0.15, 0.2) is 61.2 Å². The first kappa shape index (κ1) is 26.7. The number of hydrogen-bond acceptors (Lipinski definition) is 6. The SMILES string of the molecule is C=C[C@H](Cc1ccc(OC)cc1)N(C(C)=O)C1(C(=O)Nc2ccc(OC)cc2)CCC2(CC1)OCCO2. The van der Waals surface area contributed by atoms with Crippen molar-refractivity contribution in [3.05, 3.63) is 66.7 Å². The summed E-state index contributed by atoms with van der Waals surface area (Å²) in [5, 5.41) is 3.06. The van der Waals surface area contributed by atoms with Gasteiger partial charge in [-0.15, -0.1) is 6.58 Å². The third-order valence-electron chi connectivity index (χ3n) is 7.43. The zero-order chi connectivity index (χ0) is 26.5. The molecule has 0 unspecified atom stereocenters. The first-order valence-electron chi connectivity index (χ1n) is 12.6. The van der Waals surface area contributed by atoms with Crippen molar-refractivity contribution in [2.45, 2.75) is 56.4 Å². The van der Waals surface area contributed by atoms with Crippen molar-refractivity contribution in [1.82, 2.24) is 4.90 Å². The number of carbonyl (C=O) groups is 2. The number of nitrogens with one attached hydrogen (secondary N) is 1. The maximum atomic E-state index is 14.1. The van der Waals surface area contributed by atoms with Crippen molar-refractivity contribution in [2.75, 3.05) is 32.8 Å². The molecule has 1 spiro atoms. The summed E-state index contributed by atoms with van der Waals surface area (Å²) in [7, 11) is 3.22. The predicted molar refractivity (Wildman–Crippen MR) is 141 cm³/mol. The Kier molecular flexibility index (Phi) is 8.19. The quantitative estimate of drug-likeness (QED) is 0.507. The Morgan fingerprint density at radius 1 is 0.973 bits per heavy atom. The number of ether oxygens (including phenoxy) is 4. The van der Waals surface area contributed by atoms with Crippen molar-refractivity contribution in [2.24, 2.45) is 0 Å². The summed E-state index contributed by atoms with van der Waals surface area (Å²) in [6, 6.07) is 14.5. The minimum Gasteiger partial charge on any atom is -0.497 e. The van der Waals surface area contributed by atoms with E-state index in [1.807, 2.05) is 24.3 Å². The van der Waals surface area contributed by atoms with Crippen LogP contribution in [-0.4, -0.2) is 61.5 Å². The van der Waals surface area contributed by atoms with Gasteiger partial charge in [0.1, 0.15) is 17.0 Å². The molecule has 0 aromatic heterocycles. The highest BCUT2D eigenvalue weighted by Crippen LogP contribution is 2.44. The van der Waals surface area contributed by atoms with Crippen LogP contribution in [0.3, 0.4) is 0 Å². The molecule has 8 nitrogen and oxygen atoms in total. The lowest BCUT2D eigenvalue weighted by atomic mass is 9.75. The number of methoxy groups -OCH3 is 2. The van der Waals surface area contributed by atoms with Crippen molar-refractivity contribution >= 4 is 17.5 Å². The number of hydrogen-bond donors (Lipinski definition) is 1. The van der Waals surface area contributed by atoms with Crippen molar-refractivity contribution in [1.29, 1.82) is 0 Å². The summed E-state index contributed by atoms with van der Waals surface area (Å²) in [5.41, 5.74) is 0.544. The Hall–Kier alpha value is -3.36. The number of anilines is 1. The van der Waals surface area contributed by atoms with Crippen LogP contribution in [0, 0.1) is 0 Å². The summed E-state index contributed by atoms with van der Waals surface area (Å²) in [6.45, 7) is 6.63. The van der Waals surface area contributed by atoms with Gasteiger partial charge in [-0.3, -0.25) is 9.59 Å². The zero-order valence-corrected chi connectivity index (χ0v) is 21.8. The van der Waals surface area contributed by atoms with Gasteiger partial charge < -0.3 is 29.2 Å². The Bertz CT molecular complexity index is 1080. The van der Waals surface area contributed by atoms with E-state index in [2.05, 4.69) is 11.9 Å². The van der Waals surface area contributed by atoms with Crippen LogP contribution in [0.5, 0.6) is 11.5 Å². The molecule has 0 bridgehead atoms. The fraction of sp³-hybridized carbons (Fsp3) is 0.448. The van der Waals surface area contributed by atoms with E-state index in [0.717, 1.165) is 11.3 Å². The minimum atomic E-state index is -1.10. The van der Waals surface area contributed by atoms with Gasteiger partial charge in [0, 0.05) is 25.5 Å². The molecular weight excluding hydrogens is 472 g/mol. The number of amides is 2. The van der Waals surface area contributed by atoms with Crippen LogP contribution >= 0.6 is 0 Å². The molecule has 1 atom stereocenters. The largest absolute Gasteiger partial charge is 0.497 e. The lowest BCUT2D eigenvalue weighted by Crippen LogP contribution is -2.64. The predicted octanol–water partition coefficient (Wildman–Crippen LogP) is 4.34. The third kappa shape index (κ3) is 5.65. The second-order valence-corrected chi connectivity index (χ2v) is 9.57. The fourth-order valence-corrected chi connectivity index (χ4v) is 5.46. The molecule has 1 aliphatic heterocycles. The normalized spacial score (nSPS) is 18.6. The molecule has 2 aliphatic rings. The van der Waals surface area contributed by atoms with Gasteiger partial charge in [-0.25, -0.2) is 0 Å². The van der Waals surface area contributed by atoms with E-state index in [-0.39, 0.29) is 11.8 Å². The van der Waals surface area contributed by atoms with Crippen LogP contribution in [0.1, 0.15) is 38.2 Å². The van der Waals surface area contributed by atoms with Gasteiger partial charge in [0.25, 0.3) is 0 Å². The first-order valence-corrected chi connectivity index (χ1v) is 12.6. The smallest absolute Gasteiger partial charge is 0.250 e. The van der Waals surface area contributed by atoms with Gasteiger partial charge in [-0.2, -0.15) is 0 Å². The van der Waals surface area contributed by atoms with E-state index >= 15 is 0 Å². The lowest BCUT2D eigenvalue weighted by molar-refractivity contribution is -0.197. The van der Waals surface area contributed by atoms with Gasteiger partial charge in [0.2, 0.25) is 11.8 Å². The number of nitrogens with zero attached hydrogens (tertiary/aromatic N) is 1. The van der Waals surface area contributed by atoms with Gasteiger partial charge in [-0.1, -0.05) is 18.2 Å². The average molecular weight is 509 g/mol. The lowest BCUT2D eigenvalue weighted by Gasteiger charge is -2.50. The van der Waals surface area contributed by atoms with E-state index in [0.29, 0.717) is 56.8 Å².